The van der Waals surface area contributed by atoms with Crippen molar-refractivity contribution in [1.82, 2.24) is 10.4 Å². The van der Waals surface area contributed by atoms with Gasteiger partial charge < -0.3 is 14.7 Å². The Morgan fingerprint density at radius 1 is 0.853 bits per heavy atom. The van der Waals surface area contributed by atoms with Crippen molar-refractivity contribution < 1.29 is 38.3 Å². The fourth-order valence-electron chi connectivity index (χ4n) is 3.55. The Bertz CT molecular complexity index is 990. The van der Waals surface area contributed by atoms with Crippen molar-refractivity contribution in [1.29, 1.82) is 0 Å². The first kappa shape index (κ1) is 24.9. The number of hydrogen-bond donors (Lipinski definition) is 2. The van der Waals surface area contributed by atoms with Crippen molar-refractivity contribution in [3.05, 3.63) is 71.8 Å². The van der Waals surface area contributed by atoms with E-state index in [0.29, 0.717) is 0 Å². The molecule has 180 valence electrons. The number of ether oxygens (including phenoxy) is 1. The summed E-state index contributed by atoms with van der Waals surface area (Å²) in [4.78, 5) is 55.6. The van der Waals surface area contributed by atoms with Crippen molar-refractivity contribution in [2.75, 3.05) is 26.2 Å². The van der Waals surface area contributed by atoms with E-state index in [1.54, 1.807) is 24.3 Å². The lowest BCUT2D eigenvalue weighted by atomic mass is 10.2. The van der Waals surface area contributed by atoms with Crippen LogP contribution in [0.4, 0.5) is 9.59 Å². The SMILES string of the molecule is O=C(CCC(=O)N1CC[N+](C(=O)O)(C(=O)OCc2ccccc2)CC1)NOCc1ccccc1. The number of quaternary nitrogens is 1. The molecule has 0 bridgehead atoms. The van der Waals surface area contributed by atoms with Crippen LogP contribution in [0.25, 0.3) is 0 Å². The third-order valence-electron chi connectivity index (χ3n) is 5.61. The molecule has 0 unspecified atom stereocenters. The topological polar surface area (TPSA) is 122 Å². The van der Waals surface area contributed by atoms with Gasteiger partial charge in [0.2, 0.25) is 11.8 Å². The number of nitrogens with zero attached hydrogens (tertiary/aromatic N) is 2. The summed E-state index contributed by atoms with van der Waals surface area (Å²) >= 11 is 0. The third-order valence-corrected chi connectivity index (χ3v) is 5.61. The second-order valence-electron chi connectivity index (χ2n) is 7.92. The van der Waals surface area contributed by atoms with E-state index in [9.17, 15) is 24.3 Å². The number of nitrogens with one attached hydrogen (secondary N) is 1. The third kappa shape index (κ3) is 6.63. The molecule has 0 aromatic heterocycles. The predicted octanol–water partition coefficient (Wildman–Crippen LogP) is 2.69. The van der Waals surface area contributed by atoms with Crippen LogP contribution in [-0.2, 0) is 32.4 Å². The zero-order valence-corrected chi connectivity index (χ0v) is 18.7. The molecule has 2 N–H and O–H groups in total. The summed E-state index contributed by atoms with van der Waals surface area (Å²) in [5.41, 5.74) is 3.96. The largest absolute Gasteiger partial charge is 0.527 e. The number of hydroxylamine groups is 1. The van der Waals surface area contributed by atoms with E-state index in [-0.39, 0.29) is 58.1 Å². The van der Waals surface area contributed by atoms with Crippen LogP contribution in [0.3, 0.4) is 0 Å². The number of rotatable bonds is 8. The highest BCUT2D eigenvalue weighted by Gasteiger charge is 2.50. The number of amides is 4. The second-order valence-corrected chi connectivity index (χ2v) is 7.92. The quantitative estimate of drug-likeness (QED) is 0.449. The van der Waals surface area contributed by atoms with Crippen molar-refractivity contribution in [3.8, 4) is 0 Å². The molecule has 2 aromatic carbocycles. The number of piperazine rings is 1. The maximum absolute atomic E-state index is 12.6. The van der Waals surface area contributed by atoms with E-state index in [1.807, 2.05) is 36.4 Å². The number of imide groups is 1. The minimum absolute atomic E-state index is 0.0307. The standard InChI is InChI=1S/C24H27N3O7/c28-21(25-34-18-20-9-5-2-6-10-20)11-12-22(29)26-13-15-27(16-14-26,23(30)31)24(32)33-17-19-7-3-1-4-8-19/h1-10H,11-18H2,(H-,25,28,30,31)/p+1. The fourth-order valence-corrected chi connectivity index (χ4v) is 3.55. The first-order chi connectivity index (χ1) is 16.4. The van der Waals surface area contributed by atoms with E-state index in [2.05, 4.69) is 5.48 Å². The zero-order chi connectivity index (χ0) is 24.4. The van der Waals surface area contributed by atoms with Gasteiger partial charge in [-0.1, -0.05) is 60.7 Å². The van der Waals surface area contributed by atoms with Gasteiger partial charge in [-0.3, -0.25) is 14.4 Å². The van der Waals surface area contributed by atoms with Crippen LogP contribution in [0.15, 0.2) is 60.7 Å². The summed E-state index contributed by atoms with van der Waals surface area (Å²) in [6, 6.07) is 18.3. The van der Waals surface area contributed by atoms with E-state index in [4.69, 9.17) is 9.57 Å². The normalized spacial score (nSPS) is 14.8. The van der Waals surface area contributed by atoms with Gasteiger partial charge in [0, 0.05) is 12.8 Å². The van der Waals surface area contributed by atoms with Gasteiger partial charge >= 0.3 is 12.2 Å². The van der Waals surface area contributed by atoms with Crippen molar-refractivity contribution in [3.63, 3.8) is 0 Å². The monoisotopic (exact) mass is 470 g/mol. The highest BCUT2D eigenvalue weighted by molar-refractivity contribution is 5.83. The van der Waals surface area contributed by atoms with Crippen LogP contribution < -0.4 is 5.48 Å². The molecule has 1 fully saturated rings. The van der Waals surface area contributed by atoms with E-state index in [1.165, 1.54) is 4.90 Å². The molecule has 1 saturated heterocycles. The first-order valence-electron chi connectivity index (χ1n) is 10.9. The summed E-state index contributed by atoms with van der Waals surface area (Å²) < 4.78 is 4.36. The maximum atomic E-state index is 12.6. The lowest BCUT2D eigenvalue weighted by Crippen LogP contribution is -2.65. The number of carbonyl (C=O) groups is 4. The van der Waals surface area contributed by atoms with Gasteiger partial charge in [0.25, 0.3) is 0 Å². The van der Waals surface area contributed by atoms with Crippen LogP contribution in [0, 0.1) is 0 Å². The van der Waals surface area contributed by atoms with Gasteiger partial charge in [0.05, 0.1) is 19.7 Å². The van der Waals surface area contributed by atoms with E-state index >= 15 is 0 Å². The average molecular weight is 471 g/mol. The smallest absolute Gasteiger partial charge is 0.435 e. The average Bonchev–Trinajstić information content (AvgIpc) is 2.87. The van der Waals surface area contributed by atoms with E-state index in [0.717, 1.165) is 11.1 Å². The van der Waals surface area contributed by atoms with Gasteiger partial charge in [-0.25, -0.2) is 5.48 Å². The van der Waals surface area contributed by atoms with Gasteiger partial charge in [-0.15, -0.1) is 4.48 Å². The zero-order valence-electron chi connectivity index (χ0n) is 18.7. The molecule has 1 aliphatic heterocycles. The highest BCUT2D eigenvalue weighted by Crippen LogP contribution is 2.18. The summed E-state index contributed by atoms with van der Waals surface area (Å²) in [6.07, 6.45) is -2.30. The maximum Gasteiger partial charge on any atom is 0.527 e. The number of benzene rings is 2. The molecule has 34 heavy (non-hydrogen) atoms. The Labute approximate surface area is 197 Å². The van der Waals surface area contributed by atoms with Gasteiger partial charge in [-0.2, -0.15) is 9.59 Å². The molecule has 0 aliphatic carbocycles. The molecule has 0 atom stereocenters. The van der Waals surface area contributed by atoms with Crippen LogP contribution in [-0.4, -0.2) is 64.7 Å². The van der Waals surface area contributed by atoms with Crippen LogP contribution in [0.2, 0.25) is 0 Å². The molecule has 10 heteroatoms. The second kappa shape index (κ2) is 11.9. The molecule has 0 saturated carbocycles. The lowest BCUT2D eigenvalue weighted by molar-refractivity contribution is -0.790. The molecular weight excluding hydrogens is 442 g/mol. The summed E-state index contributed by atoms with van der Waals surface area (Å²) in [5, 5.41) is 9.72. The summed E-state index contributed by atoms with van der Waals surface area (Å²) in [5.74, 6) is -0.722. The Hall–Kier alpha value is -3.76. The number of hydrogen-bond acceptors (Lipinski definition) is 6. The Morgan fingerprint density at radius 2 is 1.41 bits per heavy atom. The van der Waals surface area contributed by atoms with Gasteiger partial charge in [0.1, 0.15) is 19.7 Å². The minimum Gasteiger partial charge on any atom is -0.435 e. The highest BCUT2D eigenvalue weighted by atomic mass is 16.6. The fraction of sp³-hybridized carbons (Fsp3) is 0.333. The van der Waals surface area contributed by atoms with Crippen LogP contribution in [0.1, 0.15) is 24.0 Å². The molecule has 4 amide bonds. The minimum atomic E-state index is -1.32. The van der Waals surface area contributed by atoms with E-state index < -0.39 is 22.6 Å². The van der Waals surface area contributed by atoms with Crippen LogP contribution >= 0.6 is 0 Å². The molecule has 0 spiro atoms. The number of carbonyl (C=O) groups excluding carboxylic acids is 3. The summed E-state index contributed by atoms with van der Waals surface area (Å²) in [6.45, 7) is 0.0941. The molecule has 3 rings (SSSR count). The Balaban J connectivity index is 1.42. The number of carboxylic acid groups (broad SMARTS) is 1. The predicted molar refractivity (Wildman–Crippen MR) is 120 cm³/mol. The summed E-state index contributed by atoms with van der Waals surface area (Å²) in [7, 11) is 0. The van der Waals surface area contributed by atoms with Crippen molar-refractivity contribution >= 4 is 24.0 Å². The van der Waals surface area contributed by atoms with Crippen molar-refractivity contribution in [2.24, 2.45) is 0 Å². The lowest BCUT2D eigenvalue weighted by Gasteiger charge is -2.37. The molecule has 1 heterocycles. The molecule has 1 aliphatic rings. The first-order valence-corrected chi connectivity index (χ1v) is 10.9. The Morgan fingerprint density at radius 3 is 1.97 bits per heavy atom. The molecule has 2 aromatic rings. The molecule has 0 radical (unpaired) electrons. The van der Waals surface area contributed by atoms with Crippen molar-refractivity contribution in [2.45, 2.75) is 26.1 Å². The molecule has 10 nitrogen and oxygen atoms in total. The molecular formula is C24H28N3O7+. The Kier molecular flexibility index (Phi) is 8.72. The van der Waals surface area contributed by atoms with Crippen LogP contribution in [0.5, 0.6) is 0 Å². The van der Waals surface area contributed by atoms with Gasteiger partial charge in [0.15, 0.2) is 0 Å². The van der Waals surface area contributed by atoms with Gasteiger partial charge in [-0.05, 0) is 11.1 Å².